The summed E-state index contributed by atoms with van der Waals surface area (Å²) in [7, 11) is 0. The molecule has 1 aliphatic heterocycles. The predicted molar refractivity (Wildman–Crippen MR) is 141 cm³/mol. The van der Waals surface area contributed by atoms with Crippen molar-refractivity contribution >= 4 is 63.8 Å². The van der Waals surface area contributed by atoms with Crippen LogP contribution in [0.15, 0.2) is 59.5 Å². The summed E-state index contributed by atoms with van der Waals surface area (Å²) >= 11 is 18.9. The number of benzene rings is 3. The Morgan fingerprint density at radius 3 is 2.47 bits per heavy atom. The molecule has 0 saturated carbocycles. The number of ether oxygens (including phenoxy) is 2. The van der Waals surface area contributed by atoms with E-state index in [1.54, 1.807) is 48.5 Å². The number of rotatable bonds is 8. The van der Waals surface area contributed by atoms with Crippen molar-refractivity contribution in [3.8, 4) is 11.5 Å². The molecule has 1 saturated heterocycles. The lowest BCUT2D eigenvalue weighted by molar-refractivity contribution is -0.123. The van der Waals surface area contributed by atoms with Gasteiger partial charge in [0.1, 0.15) is 12.4 Å². The standard InChI is InChI=1S/C26H19Cl3FNO4S/c1-2-34-23-11-15(7-9-22(23)35-14-17-18(27)4-3-5-21(17)30)12-24-25(32)31(26(33)36-24)13-16-6-8-19(28)20(29)10-16/h3-12H,2,13-14H2,1H3/b24-12-. The number of hydrogen-bond acceptors (Lipinski definition) is 5. The average molecular weight is 567 g/mol. The molecule has 10 heteroatoms. The zero-order chi connectivity index (χ0) is 25.8. The maximum absolute atomic E-state index is 14.1. The third-order valence-corrected chi connectivity index (χ3v) is 7.20. The van der Waals surface area contributed by atoms with Crippen molar-refractivity contribution in [1.29, 1.82) is 0 Å². The van der Waals surface area contributed by atoms with E-state index in [1.165, 1.54) is 12.1 Å². The minimum Gasteiger partial charge on any atom is -0.490 e. The summed E-state index contributed by atoms with van der Waals surface area (Å²) in [6.07, 6.45) is 1.61. The molecule has 3 aromatic carbocycles. The Bertz CT molecular complexity index is 1340. The van der Waals surface area contributed by atoms with Crippen molar-refractivity contribution in [2.45, 2.75) is 20.1 Å². The average Bonchev–Trinajstić information content (AvgIpc) is 3.09. The number of carbonyl (C=O) groups excluding carboxylic acids is 2. The fraction of sp³-hybridized carbons (Fsp3) is 0.154. The Kier molecular flexibility index (Phi) is 8.46. The highest BCUT2D eigenvalue weighted by Gasteiger charge is 2.35. The SMILES string of the molecule is CCOc1cc(/C=C2\SC(=O)N(Cc3ccc(Cl)c(Cl)c3)C2=O)ccc1OCc1c(F)cccc1Cl. The largest absolute Gasteiger partial charge is 0.490 e. The van der Waals surface area contributed by atoms with E-state index in [0.29, 0.717) is 39.3 Å². The highest BCUT2D eigenvalue weighted by atomic mass is 35.5. The van der Waals surface area contributed by atoms with E-state index in [4.69, 9.17) is 44.3 Å². The summed E-state index contributed by atoms with van der Waals surface area (Å²) in [5, 5.41) is 0.619. The first-order valence-corrected chi connectivity index (χ1v) is 12.7. The molecule has 186 valence electrons. The lowest BCUT2D eigenvalue weighted by Gasteiger charge is -2.14. The molecule has 36 heavy (non-hydrogen) atoms. The van der Waals surface area contributed by atoms with E-state index < -0.39 is 11.7 Å². The minimum absolute atomic E-state index is 0.0779. The van der Waals surface area contributed by atoms with Crippen LogP contribution in [0.2, 0.25) is 15.1 Å². The topological polar surface area (TPSA) is 55.8 Å². The Balaban J connectivity index is 1.52. The first kappa shape index (κ1) is 26.4. The van der Waals surface area contributed by atoms with Crippen LogP contribution in [0, 0.1) is 5.82 Å². The summed E-state index contributed by atoms with van der Waals surface area (Å²) in [5.74, 6) is -0.0768. The normalized spacial score (nSPS) is 14.6. The van der Waals surface area contributed by atoms with Gasteiger partial charge in [0.05, 0.1) is 33.1 Å². The molecule has 0 radical (unpaired) electrons. The van der Waals surface area contributed by atoms with Crippen LogP contribution >= 0.6 is 46.6 Å². The molecule has 3 aromatic rings. The molecule has 0 bridgehead atoms. The second-order valence-corrected chi connectivity index (χ2v) is 9.86. The lowest BCUT2D eigenvalue weighted by Crippen LogP contribution is -2.27. The highest BCUT2D eigenvalue weighted by Crippen LogP contribution is 2.36. The van der Waals surface area contributed by atoms with Crippen molar-refractivity contribution in [3.05, 3.63) is 97.1 Å². The van der Waals surface area contributed by atoms with Crippen LogP contribution in [0.4, 0.5) is 9.18 Å². The van der Waals surface area contributed by atoms with Crippen molar-refractivity contribution in [2.75, 3.05) is 6.61 Å². The van der Waals surface area contributed by atoms with Crippen molar-refractivity contribution in [1.82, 2.24) is 4.90 Å². The van der Waals surface area contributed by atoms with Gasteiger partial charge in [0.25, 0.3) is 11.1 Å². The van der Waals surface area contributed by atoms with Crippen molar-refractivity contribution in [2.24, 2.45) is 0 Å². The van der Waals surface area contributed by atoms with E-state index >= 15 is 0 Å². The zero-order valence-electron chi connectivity index (χ0n) is 18.9. The smallest absolute Gasteiger partial charge is 0.293 e. The Hall–Kier alpha value is -2.71. The van der Waals surface area contributed by atoms with Gasteiger partial charge in [-0.1, -0.05) is 53.0 Å². The van der Waals surface area contributed by atoms with Crippen LogP contribution in [-0.4, -0.2) is 22.7 Å². The third-order valence-electron chi connectivity index (χ3n) is 5.20. The van der Waals surface area contributed by atoms with Crippen molar-refractivity contribution < 1.29 is 23.5 Å². The van der Waals surface area contributed by atoms with Gasteiger partial charge in [0.2, 0.25) is 0 Å². The molecule has 2 amide bonds. The van der Waals surface area contributed by atoms with Gasteiger partial charge < -0.3 is 9.47 Å². The van der Waals surface area contributed by atoms with E-state index in [-0.39, 0.29) is 33.9 Å². The second-order valence-electron chi connectivity index (χ2n) is 7.64. The Morgan fingerprint density at radius 1 is 0.944 bits per heavy atom. The van der Waals surface area contributed by atoms with E-state index in [2.05, 4.69) is 0 Å². The molecule has 0 atom stereocenters. The Labute approximate surface area is 226 Å². The van der Waals surface area contributed by atoms with Gasteiger partial charge in [-0.2, -0.15) is 0 Å². The molecule has 1 aliphatic rings. The van der Waals surface area contributed by atoms with Crippen molar-refractivity contribution in [3.63, 3.8) is 0 Å². The number of nitrogens with zero attached hydrogens (tertiary/aromatic N) is 1. The molecule has 0 spiro atoms. The number of imide groups is 1. The van der Waals surface area contributed by atoms with Gasteiger partial charge >= 0.3 is 0 Å². The molecule has 4 rings (SSSR count). The van der Waals surface area contributed by atoms with Gasteiger partial charge in [-0.3, -0.25) is 14.5 Å². The van der Waals surface area contributed by atoms with Gasteiger partial charge in [0.15, 0.2) is 11.5 Å². The number of hydrogen-bond donors (Lipinski definition) is 0. The zero-order valence-corrected chi connectivity index (χ0v) is 22.0. The van der Waals surface area contributed by atoms with Crippen LogP contribution in [0.25, 0.3) is 6.08 Å². The monoisotopic (exact) mass is 565 g/mol. The fourth-order valence-corrected chi connectivity index (χ4v) is 4.81. The van der Waals surface area contributed by atoms with Crippen LogP contribution in [-0.2, 0) is 17.9 Å². The minimum atomic E-state index is -0.464. The van der Waals surface area contributed by atoms with E-state index in [9.17, 15) is 14.0 Å². The lowest BCUT2D eigenvalue weighted by atomic mass is 10.1. The van der Waals surface area contributed by atoms with Crippen LogP contribution in [0.5, 0.6) is 11.5 Å². The maximum Gasteiger partial charge on any atom is 0.293 e. The molecule has 0 aliphatic carbocycles. The van der Waals surface area contributed by atoms with Crippen LogP contribution in [0.1, 0.15) is 23.6 Å². The van der Waals surface area contributed by atoms with Crippen LogP contribution in [0.3, 0.4) is 0 Å². The predicted octanol–water partition coefficient (Wildman–Crippen LogP) is 8.00. The highest BCUT2D eigenvalue weighted by molar-refractivity contribution is 8.18. The first-order valence-electron chi connectivity index (χ1n) is 10.8. The summed E-state index contributed by atoms with van der Waals surface area (Å²) in [6.45, 7) is 2.17. The maximum atomic E-state index is 14.1. The first-order chi connectivity index (χ1) is 17.3. The summed E-state index contributed by atoms with van der Waals surface area (Å²) in [5.41, 5.74) is 1.55. The van der Waals surface area contributed by atoms with Crippen LogP contribution < -0.4 is 9.47 Å². The third kappa shape index (κ3) is 5.98. The van der Waals surface area contributed by atoms with E-state index in [0.717, 1.165) is 16.7 Å². The summed E-state index contributed by atoms with van der Waals surface area (Å²) in [4.78, 5) is 26.9. The number of halogens is 4. The summed E-state index contributed by atoms with van der Waals surface area (Å²) in [6, 6.07) is 14.4. The Morgan fingerprint density at radius 2 is 1.75 bits per heavy atom. The summed E-state index contributed by atoms with van der Waals surface area (Å²) < 4.78 is 25.6. The number of thioether (sulfide) groups is 1. The molecule has 5 nitrogen and oxygen atoms in total. The number of amides is 2. The molecule has 1 fully saturated rings. The quantitative estimate of drug-likeness (QED) is 0.259. The van der Waals surface area contributed by atoms with Gasteiger partial charge in [-0.05, 0) is 72.3 Å². The molecule has 0 N–H and O–H groups in total. The van der Waals surface area contributed by atoms with Gasteiger partial charge in [-0.25, -0.2) is 4.39 Å². The molecule has 0 unspecified atom stereocenters. The molecule has 1 heterocycles. The van der Waals surface area contributed by atoms with E-state index in [1.807, 2.05) is 6.92 Å². The second kappa shape index (κ2) is 11.6. The molecular formula is C26H19Cl3FNO4S. The van der Waals surface area contributed by atoms with Gasteiger partial charge in [0, 0.05) is 5.56 Å². The number of carbonyl (C=O) groups is 2. The fourth-order valence-electron chi connectivity index (χ4n) is 3.43. The molecule has 0 aromatic heterocycles. The molecular weight excluding hydrogens is 548 g/mol. The van der Waals surface area contributed by atoms with Gasteiger partial charge in [-0.15, -0.1) is 0 Å².